The molecule has 0 aromatic heterocycles. The van der Waals surface area contributed by atoms with Gasteiger partial charge in [-0.3, -0.25) is 0 Å². The van der Waals surface area contributed by atoms with Gasteiger partial charge in [-0.1, -0.05) is 18.2 Å². The molecule has 8 heteroatoms. The number of ether oxygens (including phenoxy) is 1. The van der Waals surface area contributed by atoms with Crippen LogP contribution in [-0.2, 0) is 4.74 Å². The van der Waals surface area contributed by atoms with Crippen LogP contribution in [0.2, 0.25) is 0 Å². The summed E-state index contributed by atoms with van der Waals surface area (Å²) in [6.45, 7) is 1.26. The number of benzene rings is 1. The van der Waals surface area contributed by atoms with Gasteiger partial charge in [0.1, 0.15) is 24.4 Å². The lowest BCUT2D eigenvalue weighted by atomic mass is 9.97. The van der Waals surface area contributed by atoms with Crippen LogP contribution in [0.25, 0.3) is 0 Å². The molecule has 1 aromatic carbocycles. The Morgan fingerprint density at radius 3 is 2.55 bits per heavy atom. The molecule has 1 aromatic rings. The highest BCUT2D eigenvalue weighted by atomic mass is 16.6. The van der Waals surface area contributed by atoms with E-state index in [0.717, 1.165) is 5.56 Å². The summed E-state index contributed by atoms with van der Waals surface area (Å²) in [5.41, 5.74) is 1.42. The summed E-state index contributed by atoms with van der Waals surface area (Å²) in [6, 6.07) is 5.23. The zero-order valence-electron chi connectivity index (χ0n) is 12.0. The zero-order chi connectivity index (χ0) is 16.3. The van der Waals surface area contributed by atoms with Crippen molar-refractivity contribution >= 4 is 11.7 Å². The minimum atomic E-state index is -1.54. The fraction of sp³-hybridized carbons (Fsp3) is 0.500. The van der Waals surface area contributed by atoms with E-state index in [1.165, 1.54) is 0 Å². The summed E-state index contributed by atoms with van der Waals surface area (Å²) in [5, 5.41) is 43.4. The second kappa shape index (κ2) is 7.03. The van der Waals surface area contributed by atoms with Crippen molar-refractivity contribution in [3.8, 4) is 0 Å². The third kappa shape index (κ3) is 3.54. The molecule has 0 bridgehead atoms. The molecule has 122 valence electrons. The summed E-state index contributed by atoms with van der Waals surface area (Å²) in [7, 11) is 0. The van der Waals surface area contributed by atoms with Crippen molar-refractivity contribution in [3.05, 3.63) is 29.8 Å². The first-order valence-corrected chi connectivity index (χ1v) is 6.87. The molecule has 0 radical (unpaired) electrons. The number of urea groups is 1. The van der Waals surface area contributed by atoms with Crippen LogP contribution in [0.15, 0.2) is 24.3 Å². The molecule has 1 aliphatic rings. The summed E-state index contributed by atoms with van der Waals surface area (Å²) in [5.74, 6) is 0. The highest BCUT2D eigenvalue weighted by Crippen LogP contribution is 2.20. The molecule has 8 nitrogen and oxygen atoms in total. The number of hydrogen-bond donors (Lipinski definition) is 6. The van der Waals surface area contributed by atoms with Gasteiger partial charge in [-0.05, 0) is 18.6 Å². The van der Waals surface area contributed by atoms with Crippen LogP contribution in [0.3, 0.4) is 0 Å². The second-order valence-electron chi connectivity index (χ2n) is 5.17. The SMILES string of the molecule is Cc1ccccc1NC(=O)N[C@@H]1[C@@H](O)[C@H](O)[C@@H](CO)O[C@H]1O. The Labute approximate surface area is 127 Å². The number of anilines is 1. The molecule has 1 fully saturated rings. The molecule has 1 aliphatic heterocycles. The number of aliphatic hydroxyl groups excluding tert-OH is 4. The Balaban J connectivity index is 2.00. The van der Waals surface area contributed by atoms with E-state index in [0.29, 0.717) is 5.69 Å². The number of rotatable bonds is 3. The van der Waals surface area contributed by atoms with Crippen molar-refractivity contribution in [2.24, 2.45) is 0 Å². The maximum atomic E-state index is 12.0. The Kier molecular flexibility index (Phi) is 5.33. The van der Waals surface area contributed by atoms with Gasteiger partial charge in [-0.15, -0.1) is 0 Å². The molecule has 6 N–H and O–H groups in total. The van der Waals surface area contributed by atoms with E-state index in [9.17, 15) is 20.1 Å². The molecule has 5 atom stereocenters. The van der Waals surface area contributed by atoms with Crippen LogP contribution < -0.4 is 10.6 Å². The highest BCUT2D eigenvalue weighted by molar-refractivity contribution is 5.90. The van der Waals surface area contributed by atoms with E-state index in [4.69, 9.17) is 9.84 Å². The van der Waals surface area contributed by atoms with Crippen molar-refractivity contribution < 1.29 is 30.0 Å². The van der Waals surface area contributed by atoms with Crippen molar-refractivity contribution in [2.45, 2.75) is 37.6 Å². The van der Waals surface area contributed by atoms with Crippen LogP contribution in [0.5, 0.6) is 0 Å². The zero-order valence-corrected chi connectivity index (χ0v) is 12.0. The Morgan fingerprint density at radius 2 is 1.91 bits per heavy atom. The van der Waals surface area contributed by atoms with Crippen molar-refractivity contribution in [3.63, 3.8) is 0 Å². The maximum absolute atomic E-state index is 12.0. The first-order valence-electron chi connectivity index (χ1n) is 6.87. The third-order valence-electron chi connectivity index (χ3n) is 3.59. The summed E-state index contributed by atoms with van der Waals surface area (Å²) in [6.07, 6.45) is -5.54. The number of carbonyl (C=O) groups is 1. The van der Waals surface area contributed by atoms with Gasteiger partial charge in [0.15, 0.2) is 6.29 Å². The predicted molar refractivity (Wildman–Crippen MR) is 77.1 cm³/mol. The van der Waals surface area contributed by atoms with Crippen molar-refractivity contribution in [1.82, 2.24) is 5.32 Å². The van der Waals surface area contributed by atoms with E-state index < -0.39 is 43.3 Å². The fourth-order valence-corrected chi connectivity index (χ4v) is 2.28. The number of amides is 2. The molecular formula is C14H20N2O6. The van der Waals surface area contributed by atoms with Crippen molar-refractivity contribution in [1.29, 1.82) is 0 Å². The maximum Gasteiger partial charge on any atom is 0.319 e. The Morgan fingerprint density at radius 1 is 1.23 bits per heavy atom. The van der Waals surface area contributed by atoms with Crippen LogP contribution in [0, 0.1) is 6.92 Å². The molecule has 22 heavy (non-hydrogen) atoms. The predicted octanol–water partition coefficient (Wildman–Crippen LogP) is -1.08. The monoisotopic (exact) mass is 312 g/mol. The van der Waals surface area contributed by atoms with Gasteiger partial charge in [-0.25, -0.2) is 4.79 Å². The number of aryl methyl sites for hydroxylation is 1. The van der Waals surface area contributed by atoms with Gasteiger partial charge in [0, 0.05) is 5.69 Å². The fourth-order valence-electron chi connectivity index (χ4n) is 2.28. The smallest absolute Gasteiger partial charge is 0.319 e. The molecular weight excluding hydrogens is 292 g/mol. The number of hydrogen-bond acceptors (Lipinski definition) is 6. The van der Waals surface area contributed by atoms with E-state index in [-0.39, 0.29) is 0 Å². The average molecular weight is 312 g/mol. The van der Waals surface area contributed by atoms with Gasteiger partial charge in [0.2, 0.25) is 0 Å². The molecule has 0 aliphatic carbocycles. The van der Waals surface area contributed by atoms with E-state index >= 15 is 0 Å². The lowest BCUT2D eigenvalue weighted by Crippen LogP contribution is -2.64. The lowest BCUT2D eigenvalue weighted by molar-refractivity contribution is -0.252. The van der Waals surface area contributed by atoms with Crippen LogP contribution >= 0.6 is 0 Å². The molecule has 1 heterocycles. The normalized spacial score (nSPS) is 31.6. The van der Waals surface area contributed by atoms with Crippen LogP contribution in [0.1, 0.15) is 5.56 Å². The van der Waals surface area contributed by atoms with E-state index in [2.05, 4.69) is 10.6 Å². The third-order valence-corrected chi connectivity index (χ3v) is 3.59. The van der Waals surface area contributed by atoms with Gasteiger partial charge >= 0.3 is 6.03 Å². The van der Waals surface area contributed by atoms with Gasteiger partial charge in [-0.2, -0.15) is 0 Å². The Hall–Kier alpha value is -1.71. The Bertz CT molecular complexity index is 526. The van der Waals surface area contributed by atoms with Crippen molar-refractivity contribution in [2.75, 3.05) is 11.9 Å². The molecule has 1 saturated heterocycles. The van der Waals surface area contributed by atoms with E-state index in [1.807, 2.05) is 19.1 Å². The summed E-state index contributed by atoms with van der Waals surface area (Å²) >= 11 is 0. The van der Waals surface area contributed by atoms with Crippen LogP contribution in [-0.4, -0.2) is 63.7 Å². The molecule has 0 unspecified atom stereocenters. The minimum absolute atomic E-state index is 0.558. The first kappa shape index (κ1) is 16.7. The van der Waals surface area contributed by atoms with Gasteiger partial charge in [0.05, 0.1) is 6.61 Å². The lowest BCUT2D eigenvalue weighted by Gasteiger charge is -2.40. The molecule has 0 spiro atoms. The second-order valence-corrected chi connectivity index (χ2v) is 5.17. The number of aliphatic hydroxyl groups is 4. The van der Waals surface area contributed by atoms with Crippen LogP contribution in [0.4, 0.5) is 10.5 Å². The number of carbonyl (C=O) groups excluding carboxylic acids is 1. The quantitative estimate of drug-likeness (QED) is 0.421. The van der Waals surface area contributed by atoms with Gasteiger partial charge < -0.3 is 35.8 Å². The van der Waals surface area contributed by atoms with E-state index in [1.54, 1.807) is 12.1 Å². The molecule has 0 saturated carbocycles. The summed E-state index contributed by atoms with van der Waals surface area (Å²) < 4.78 is 4.96. The standard InChI is InChI=1S/C14H20N2O6/c1-7-4-2-3-5-8(7)15-14(21)16-10-12(19)11(18)9(6-17)22-13(10)20/h2-5,9-13,17-20H,6H2,1H3,(H2,15,16,21)/t9-,10-,11-,12-,13-/m1/s1. The topological polar surface area (TPSA) is 131 Å². The average Bonchev–Trinajstić information content (AvgIpc) is 2.49. The molecule has 2 amide bonds. The highest BCUT2D eigenvalue weighted by Gasteiger charge is 2.44. The number of para-hydroxylation sites is 1. The summed E-state index contributed by atoms with van der Waals surface area (Å²) in [4.78, 5) is 12.0. The minimum Gasteiger partial charge on any atom is -0.394 e. The van der Waals surface area contributed by atoms with Gasteiger partial charge in [0.25, 0.3) is 0 Å². The largest absolute Gasteiger partial charge is 0.394 e. The molecule has 2 rings (SSSR count). The number of nitrogens with one attached hydrogen (secondary N) is 2. The first-order chi connectivity index (χ1) is 10.4.